The van der Waals surface area contributed by atoms with Crippen molar-refractivity contribution >= 4 is 5.91 Å². The number of methoxy groups -OCH3 is 1. The summed E-state index contributed by atoms with van der Waals surface area (Å²) in [5.41, 5.74) is 1.51. The van der Waals surface area contributed by atoms with E-state index < -0.39 is 0 Å². The number of nitrogens with one attached hydrogen (secondary N) is 1. The van der Waals surface area contributed by atoms with Crippen LogP contribution in [0.5, 0.6) is 5.75 Å². The van der Waals surface area contributed by atoms with E-state index in [2.05, 4.69) is 22.3 Å². The highest BCUT2D eigenvalue weighted by Crippen LogP contribution is 2.39. The zero-order chi connectivity index (χ0) is 14.7. The fraction of sp³-hybridized carbons (Fsp3) is 0.588. The number of hydrogen-bond donors (Lipinski definition) is 1. The molecule has 0 saturated carbocycles. The van der Waals surface area contributed by atoms with Crippen LogP contribution in [0.1, 0.15) is 24.8 Å². The molecule has 4 heteroatoms. The fourth-order valence-electron chi connectivity index (χ4n) is 3.53. The van der Waals surface area contributed by atoms with Gasteiger partial charge < -0.3 is 15.0 Å². The molecule has 2 aliphatic heterocycles. The van der Waals surface area contributed by atoms with Gasteiger partial charge in [-0.05, 0) is 55.5 Å². The van der Waals surface area contributed by atoms with Gasteiger partial charge in [-0.1, -0.05) is 12.1 Å². The minimum Gasteiger partial charge on any atom is -0.497 e. The summed E-state index contributed by atoms with van der Waals surface area (Å²) in [6, 6.07) is 8.13. The van der Waals surface area contributed by atoms with Crippen molar-refractivity contribution in [3.63, 3.8) is 0 Å². The molecule has 2 aliphatic rings. The molecule has 0 aliphatic carbocycles. The van der Waals surface area contributed by atoms with Crippen molar-refractivity contribution in [2.24, 2.45) is 5.41 Å². The summed E-state index contributed by atoms with van der Waals surface area (Å²) in [6.45, 7) is 3.89. The number of rotatable bonds is 4. The van der Waals surface area contributed by atoms with Gasteiger partial charge in [-0.2, -0.15) is 0 Å². The quantitative estimate of drug-likeness (QED) is 0.919. The van der Waals surface area contributed by atoms with Crippen LogP contribution >= 0.6 is 0 Å². The van der Waals surface area contributed by atoms with Crippen molar-refractivity contribution in [3.8, 4) is 5.75 Å². The fourth-order valence-corrected chi connectivity index (χ4v) is 3.53. The average Bonchev–Trinajstić information content (AvgIpc) is 2.82. The second kappa shape index (κ2) is 6.06. The maximum absolute atomic E-state index is 12.3. The molecule has 2 heterocycles. The van der Waals surface area contributed by atoms with Crippen molar-refractivity contribution in [1.82, 2.24) is 10.2 Å². The van der Waals surface area contributed by atoms with Crippen LogP contribution in [0.25, 0.3) is 0 Å². The van der Waals surface area contributed by atoms with Gasteiger partial charge in [0.2, 0.25) is 5.91 Å². The molecule has 1 spiro atoms. The Labute approximate surface area is 126 Å². The maximum atomic E-state index is 12.3. The monoisotopic (exact) mass is 288 g/mol. The van der Waals surface area contributed by atoms with Crippen molar-refractivity contribution in [2.45, 2.75) is 25.7 Å². The molecule has 0 unspecified atom stereocenters. The van der Waals surface area contributed by atoms with Crippen LogP contribution in [-0.2, 0) is 11.2 Å². The van der Waals surface area contributed by atoms with Crippen molar-refractivity contribution < 1.29 is 9.53 Å². The van der Waals surface area contributed by atoms with Crippen LogP contribution in [0.2, 0.25) is 0 Å². The van der Waals surface area contributed by atoms with Gasteiger partial charge in [0.1, 0.15) is 5.75 Å². The van der Waals surface area contributed by atoms with Crippen LogP contribution < -0.4 is 10.1 Å². The summed E-state index contributed by atoms with van der Waals surface area (Å²) >= 11 is 0. The number of benzene rings is 1. The first-order valence-corrected chi connectivity index (χ1v) is 7.82. The highest BCUT2D eigenvalue weighted by molar-refractivity contribution is 5.79. The predicted molar refractivity (Wildman–Crippen MR) is 82.4 cm³/mol. The lowest BCUT2D eigenvalue weighted by Crippen LogP contribution is -2.39. The van der Waals surface area contributed by atoms with Crippen molar-refractivity contribution in [2.75, 3.05) is 33.3 Å². The van der Waals surface area contributed by atoms with E-state index in [1.165, 1.54) is 5.56 Å². The highest BCUT2D eigenvalue weighted by atomic mass is 16.5. The zero-order valence-electron chi connectivity index (χ0n) is 12.7. The summed E-state index contributed by atoms with van der Waals surface area (Å²) in [6.07, 6.45) is 3.94. The predicted octanol–water partition coefficient (Wildman–Crippen LogP) is 1.84. The van der Waals surface area contributed by atoms with Gasteiger partial charge in [0.05, 0.1) is 7.11 Å². The standard InChI is InChI=1S/C17H24N2O2/c1-21-15-4-2-14(3-5-15)6-11-19-13-17(12-16(19)20)7-9-18-10-8-17/h2-5,18H,6-13H2,1H3. The molecule has 114 valence electrons. The second-order valence-electron chi connectivity index (χ2n) is 6.34. The summed E-state index contributed by atoms with van der Waals surface area (Å²) in [5, 5.41) is 3.39. The molecule has 0 aromatic heterocycles. The molecule has 0 bridgehead atoms. The molecule has 1 amide bonds. The van der Waals surface area contributed by atoms with E-state index in [0.717, 1.165) is 57.6 Å². The molecule has 21 heavy (non-hydrogen) atoms. The third-order valence-electron chi connectivity index (χ3n) is 4.90. The van der Waals surface area contributed by atoms with E-state index in [1.54, 1.807) is 7.11 Å². The summed E-state index contributed by atoms with van der Waals surface area (Å²) in [5.74, 6) is 1.22. The van der Waals surface area contributed by atoms with Crippen LogP contribution in [0.3, 0.4) is 0 Å². The Bertz CT molecular complexity index is 492. The molecule has 0 radical (unpaired) electrons. The van der Waals surface area contributed by atoms with Crippen LogP contribution in [0.4, 0.5) is 0 Å². The SMILES string of the molecule is COc1ccc(CCN2CC3(CCNCC3)CC2=O)cc1. The number of likely N-dealkylation sites (tertiary alicyclic amines) is 1. The van der Waals surface area contributed by atoms with Crippen LogP contribution in [0.15, 0.2) is 24.3 Å². The van der Waals surface area contributed by atoms with Crippen LogP contribution in [-0.4, -0.2) is 44.1 Å². The lowest BCUT2D eigenvalue weighted by Gasteiger charge is -2.33. The number of ether oxygens (including phenoxy) is 1. The average molecular weight is 288 g/mol. The molecule has 2 saturated heterocycles. The molecule has 4 nitrogen and oxygen atoms in total. The van der Waals surface area contributed by atoms with E-state index in [1.807, 2.05) is 12.1 Å². The molecular weight excluding hydrogens is 264 g/mol. The molecule has 0 atom stereocenters. The highest BCUT2D eigenvalue weighted by Gasteiger charge is 2.43. The first-order chi connectivity index (χ1) is 10.2. The topological polar surface area (TPSA) is 41.6 Å². The van der Waals surface area contributed by atoms with E-state index in [9.17, 15) is 4.79 Å². The lowest BCUT2D eigenvalue weighted by atomic mass is 9.78. The van der Waals surface area contributed by atoms with Crippen LogP contribution in [0, 0.1) is 5.41 Å². The number of nitrogens with zero attached hydrogens (tertiary/aromatic N) is 1. The molecule has 1 aromatic carbocycles. The Kier molecular flexibility index (Phi) is 4.15. The summed E-state index contributed by atoms with van der Waals surface area (Å²) in [4.78, 5) is 14.3. The van der Waals surface area contributed by atoms with Gasteiger partial charge in [-0.3, -0.25) is 4.79 Å². The largest absolute Gasteiger partial charge is 0.497 e. The maximum Gasteiger partial charge on any atom is 0.223 e. The van der Waals surface area contributed by atoms with Gasteiger partial charge in [-0.15, -0.1) is 0 Å². The van der Waals surface area contributed by atoms with Gasteiger partial charge in [0.15, 0.2) is 0 Å². The molecule has 1 aromatic rings. The summed E-state index contributed by atoms with van der Waals surface area (Å²) in [7, 11) is 1.68. The number of carbonyl (C=O) groups excluding carboxylic acids is 1. The van der Waals surface area contributed by atoms with Crippen molar-refractivity contribution in [3.05, 3.63) is 29.8 Å². The normalized spacial score (nSPS) is 21.0. The first-order valence-electron chi connectivity index (χ1n) is 7.82. The molecule has 1 N–H and O–H groups in total. The minimum absolute atomic E-state index is 0.252. The number of piperidine rings is 1. The Hall–Kier alpha value is -1.55. The number of carbonyl (C=O) groups is 1. The van der Waals surface area contributed by atoms with Gasteiger partial charge >= 0.3 is 0 Å². The summed E-state index contributed by atoms with van der Waals surface area (Å²) < 4.78 is 5.17. The number of amides is 1. The van der Waals surface area contributed by atoms with Gasteiger partial charge in [0.25, 0.3) is 0 Å². The first kappa shape index (κ1) is 14.4. The third-order valence-corrected chi connectivity index (χ3v) is 4.90. The molecule has 3 rings (SSSR count). The smallest absolute Gasteiger partial charge is 0.223 e. The minimum atomic E-state index is 0.252. The zero-order valence-corrected chi connectivity index (χ0v) is 12.7. The van der Waals surface area contributed by atoms with E-state index in [0.29, 0.717) is 5.91 Å². The number of hydrogen-bond acceptors (Lipinski definition) is 3. The Morgan fingerprint density at radius 3 is 2.62 bits per heavy atom. The third kappa shape index (κ3) is 3.21. The molecule has 2 fully saturated rings. The Morgan fingerprint density at radius 2 is 1.95 bits per heavy atom. The van der Waals surface area contributed by atoms with E-state index in [-0.39, 0.29) is 5.41 Å². The second-order valence-corrected chi connectivity index (χ2v) is 6.34. The van der Waals surface area contributed by atoms with E-state index in [4.69, 9.17) is 4.74 Å². The van der Waals surface area contributed by atoms with Gasteiger partial charge in [0, 0.05) is 19.5 Å². The Balaban J connectivity index is 1.56. The van der Waals surface area contributed by atoms with Gasteiger partial charge in [-0.25, -0.2) is 0 Å². The van der Waals surface area contributed by atoms with Crippen molar-refractivity contribution in [1.29, 1.82) is 0 Å². The molecular formula is C17H24N2O2. The lowest BCUT2D eigenvalue weighted by molar-refractivity contribution is -0.127. The Morgan fingerprint density at radius 1 is 1.24 bits per heavy atom. The van der Waals surface area contributed by atoms with E-state index >= 15 is 0 Å².